The van der Waals surface area contributed by atoms with Crippen LogP contribution < -0.4 is 10.6 Å². The molecule has 1 heterocycles. The Balaban J connectivity index is 1.86. The second kappa shape index (κ2) is 8.79. The van der Waals surface area contributed by atoms with Gasteiger partial charge in [0.2, 0.25) is 10.9 Å². The summed E-state index contributed by atoms with van der Waals surface area (Å²) in [6.07, 6.45) is 0.887. The van der Waals surface area contributed by atoms with Gasteiger partial charge in [0.25, 0.3) is 5.91 Å². The summed E-state index contributed by atoms with van der Waals surface area (Å²) in [7, 11) is 0. The van der Waals surface area contributed by atoms with Crippen molar-refractivity contribution in [3.05, 3.63) is 34.8 Å². The van der Waals surface area contributed by atoms with E-state index in [1.54, 1.807) is 0 Å². The molecule has 8 heteroatoms. The van der Waals surface area contributed by atoms with Crippen LogP contribution >= 0.6 is 23.1 Å². The number of aryl methyl sites for hydroxylation is 1. The molecule has 2 amide bonds. The van der Waals surface area contributed by atoms with Crippen LogP contribution in [0.4, 0.5) is 5.69 Å². The van der Waals surface area contributed by atoms with Gasteiger partial charge in [0.1, 0.15) is 0 Å². The fourth-order valence-electron chi connectivity index (χ4n) is 1.73. The molecule has 6 nitrogen and oxygen atoms in total. The van der Waals surface area contributed by atoms with E-state index in [2.05, 4.69) is 20.8 Å². The van der Waals surface area contributed by atoms with Crippen molar-refractivity contribution in [2.75, 3.05) is 11.1 Å². The Morgan fingerprint density at radius 1 is 1.25 bits per heavy atom. The molecule has 0 aliphatic rings. The van der Waals surface area contributed by atoms with Crippen molar-refractivity contribution in [2.24, 2.45) is 0 Å². The molecule has 0 saturated heterocycles. The van der Waals surface area contributed by atoms with Crippen molar-refractivity contribution in [3.8, 4) is 0 Å². The number of benzene rings is 1. The van der Waals surface area contributed by atoms with Crippen molar-refractivity contribution in [2.45, 2.75) is 37.6 Å². The minimum absolute atomic E-state index is 0.0461. The van der Waals surface area contributed by atoms with Crippen LogP contribution in [-0.4, -0.2) is 33.8 Å². The number of hydrogen-bond donors (Lipinski definition) is 2. The molecule has 24 heavy (non-hydrogen) atoms. The van der Waals surface area contributed by atoms with E-state index in [4.69, 9.17) is 0 Å². The lowest BCUT2D eigenvalue weighted by atomic mass is 10.2. The molecule has 2 aromatic rings. The topological polar surface area (TPSA) is 84.0 Å². The number of aromatic nitrogens is 2. The molecule has 1 aromatic carbocycles. The molecule has 2 rings (SSSR count). The van der Waals surface area contributed by atoms with E-state index >= 15 is 0 Å². The Kier molecular flexibility index (Phi) is 6.74. The highest BCUT2D eigenvalue weighted by molar-refractivity contribution is 8.01. The number of nitrogens with zero attached hydrogens (tertiary/aromatic N) is 2. The predicted molar refractivity (Wildman–Crippen MR) is 97.7 cm³/mol. The molecule has 0 radical (unpaired) electrons. The molecule has 1 aromatic heterocycles. The standard InChI is InChI=1S/C16H20N4O2S2/c1-4-11(3)17-13(21)9-23-16-20-19-15(24-16)14(22)18-12-7-5-10(2)6-8-12/h5-8,11H,4,9H2,1-3H3,(H,17,21)(H,18,22)/t11-/m0/s1. The first-order valence-electron chi connectivity index (χ1n) is 7.61. The van der Waals surface area contributed by atoms with Gasteiger partial charge in [-0.25, -0.2) is 0 Å². The summed E-state index contributed by atoms with van der Waals surface area (Å²) in [6.45, 7) is 5.96. The van der Waals surface area contributed by atoms with Gasteiger partial charge < -0.3 is 10.6 Å². The van der Waals surface area contributed by atoms with E-state index in [9.17, 15) is 9.59 Å². The van der Waals surface area contributed by atoms with Gasteiger partial charge in [-0.2, -0.15) is 0 Å². The fraction of sp³-hybridized carbons (Fsp3) is 0.375. The number of carbonyl (C=O) groups excluding carboxylic acids is 2. The molecule has 0 unspecified atom stereocenters. The van der Waals surface area contributed by atoms with Crippen molar-refractivity contribution in [1.29, 1.82) is 0 Å². The summed E-state index contributed by atoms with van der Waals surface area (Å²) in [4.78, 5) is 23.9. The lowest BCUT2D eigenvalue weighted by Gasteiger charge is -2.09. The van der Waals surface area contributed by atoms with Gasteiger partial charge in [0.15, 0.2) is 4.34 Å². The van der Waals surface area contributed by atoms with Crippen molar-refractivity contribution >= 4 is 40.6 Å². The Morgan fingerprint density at radius 3 is 2.62 bits per heavy atom. The van der Waals surface area contributed by atoms with Gasteiger partial charge >= 0.3 is 0 Å². The zero-order valence-electron chi connectivity index (χ0n) is 13.8. The van der Waals surface area contributed by atoms with Gasteiger partial charge in [0.05, 0.1) is 5.75 Å². The van der Waals surface area contributed by atoms with Crippen LogP contribution in [0.25, 0.3) is 0 Å². The van der Waals surface area contributed by atoms with Crippen LogP contribution in [0.15, 0.2) is 28.6 Å². The van der Waals surface area contributed by atoms with Crippen LogP contribution in [0.5, 0.6) is 0 Å². The van der Waals surface area contributed by atoms with Crippen LogP contribution in [-0.2, 0) is 4.79 Å². The van der Waals surface area contributed by atoms with Crippen LogP contribution in [0, 0.1) is 6.92 Å². The minimum atomic E-state index is -0.299. The maximum absolute atomic E-state index is 12.1. The van der Waals surface area contributed by atoms with E-state index < -0.39 is 0 Å². The van der Waals surface area contributed by atoms with Crippen molar-refractivity contribution in [3.63, 3.8) is 0 Å². The predicted octanol–water partition coefficient (Wildman–Crippen LogP) is 3.11. The zero-order chi connectivity index (χ0) is 17.5. The monoisotopic (exact) mass is 364 g/mol. The maximum atomic E-state index is 12.1. The highest BCUT2D eigenvalue weighted by atomic mass is 32.2. The molecule has 0 bridgehead atoms. The van der Waals surface area contributed by atoms with Gasteiger partial charge in [-0.3, -0.25) is 9.59 Å². The molecule has 0 fully saturated rings. The summed E-state index contributed by atoms with van der Waals surface area (Å²) < 4.78 is 0.600. The Morgan fingerprint density at radius 2 is 1.96 bits per heavy atom. The van der Waals surface area contributed by atoms with E-state index in [-0.39, 0.29) is 28.6 Å². The SMILES string of the molecule is CC[C@H](C)NC(=O)CSc1nnc(C(=O)Nc2ccc(C)cc2)s1. The summed E-state index contributed by atoms with van der Waals surface area (Å²) in [5.74, 6) is -0.0825. The normalized spacial score (nSPS) is 11.8. The lowest BCUT2D eigenvalue weighted by molar-refractivity contribution is -0.119. The molecule has 1 atom stereocenters. The molecular weight excluding hydrogens is 344 g/mol. The first kappa shape index (κ1) is 18.4. The van der Waals surface area contributed by atoms with Crippen LogP contribution in [0.3, 0.4) is 0 Å². The van der Waals surface area contributed by atoms with E-state index in [0.717, 1.165) is 12.0 Å². The smallest absolute Gasteiger partial charge is 0.286 e. The molecule has 0 aliphatic carbocycles. The fourth-order valence-corrected chi connectivity index (χ4v) is 3.29. The number of thioether (sulfide) groups is 1. The molecular formula is C16H20N4O2S2. The van der Waals surface area contributed by atoms with Gasteiger partial charge in [-0.05, 0) is 32.4 Å². The highest BCUT2D eigenvalue weighted by Crippen LogP contribution is 2.23. The maximum Gasteiger partial charge on any atom is 0.286 e. The number of anilines is 1. The third kappa shape index (κ3) is 5.61. The quantitative estimate of drug-likeness (QED) is 0.738. The third-order valence-corrected chi connectivity index (χ3v) is 5.31. The second-order valence-electron chi connectivity index (χ2n) is 5.36. The minimum Gasteiger partial charge on any atom is -0.353 e. The Bertz CT molecular complexity index is 700. The molecule has 0 saturated carbocycles. The summed E-state index contributed by atoms with van der Waals surface area (Å²) in [5.41, 5.74) is 1.83. The number of carbonyl (C=O) groups is 2. The summed E-state index contributed by atoms with van der Waals surface area (Å²) in [5, 5.41) is 13.8. The van der Waals surface area contributed by atoms with Gasteiger partial charge in [-0.15, -0.1) is 10.2 Å². The Labute approximate surface area is 149 Å². The average molecular weight is 364 g/mol. The number of nitrogens with one attached hydrogen (secondary N) is 2. The first-order chi connectivity index (χ1) is 11.5. The molecule has 0 aliphatic heterocycles. The summed E-state index contributed by atoms with van der Waals surface area (Å²) >= 11 is 2.46. The van der Waals surface area contributed by atoms with E-state index in [1.165, 1.54) is 23.1 Å². The van der Waals surface area contributed by atoms with Crippen LogP contribution in [0.2, 0.25) is 0 Å². The molecule has 2 N–H and O–H groups in total. The first-order valence-corrected chi connectivity index (χ1v) is 9.41. The lowest BCUT2D eigenvalue weighted by Crippen LogP contribution is -2.33. The van der Waals surface area contributed by atoms with Gasteiger partial charge in [0, 0.05) is 11.7 Å². The largest absolute Gasteiger partial charge is 0.353 e. The number of hydrogen-bond acceptors (Lipinski definition) is 6. The highest BCUT2D eigenvalue weighted by Gasteiger charge is 2.14. The van der Waals surface area contributed by atoms with Crippen molar-refractivity contribution < 1.29 is 9.59 Å². The molecule has 128 valence electrons. The van der Waals surface area contributed by atoms with Crippen molar-refractivity contribution in [1.82, 2.24) is 15.5 Å². The van der Waals surface area contributed by atoms with E-state index in [0.29, 0.717) is 10.0 Å². The third-order valence-electron chi connectivity index (χ3n) is 3.26. The summed E-state index contributed by atoms with van der Waals surface area (Å²) in [6, 6.07) is 7.68. The average Bonchev–Trinajstić information content (AvgIpc) is 3.04. The number of amides is 2. The van der Waals surface area contributed by atoms with Crippen LogP contribution in [0.1, 0.15) is 35.6 Å². The Hall–Kier alpha value is -1.93. The van der Waals surface area contributed by atoms with E-state index in [1.807, 2.05) is 45.0 Å². The zero-order valence-corrected chi connectivity index (χ0v) is 15.5. The second-order valence-corrected chi connectivity index (χ2v) is 7.56. The number of rotatable bonds is 7. The van der Waals surface area contributed by atoms with Gasteiger partial charge in [-0.1, -0.05) is 47.7 Å². The molecule has 0 spiro atoms.